The Morgan fingerprint density at radius 3 is 2.88 bits per heavy atom. The summed E-state index contributed by atoms with van der Waals surface area (Å²) < 4.78 is 11.6. The van der Waals surface area contributed by atoms with E-state index in [1.165, 1.54) is 11.3 Å². The van der Waals surface area contributed by atoms with Gasteiger partial charge in [0.2, 0.25) is 0 Å². The minimum Gasteiger partial charge on any atom is -0.497 e. The number of benzene rings is 2. The van der Waals surface area contributed by atoms with Crippen molar-refractivity contribution in [2.24, 2.45) is 0 Å². The van der Waals surface area contributed by atoms with Crippen molar-refractivity contribution in [2.75, 3.05) is 43.6 Å². The quantitative estimate of drug-likeness (QED) is 0.764. The Balaban J connectivity index is 1.52. The van der Waals surface area contributed by atoms with Gasteiger partial charge in [-0.1, -0.05) is 17.4 Å². The third kappa shape index (κ3) is 3.49. The maximum atomic E-state index is 12.6. The second-order valence-corrected chi connectivity index (χ2v) is 6.99. The van der Waals surface area contributed by atoms with Crippen LogP contribution in [0.4, 0.5) is 10.8 Å². The molecule has 7 heteroatoms. The number of nitrogens with one attached hydrogen (secondary N) is 1. The average Bonchev–Trinajstić information content (AvgIpc) is 3.10. The first kappa shape index (κ1) is 16.8. The zero-order valence-corrected chi connectivity index (χ0v) is 15.2. The van der Waals surface area contributed by atoms with E-state index in [2.05, 4.69) is 15.2 Å². The first-order chi connectivity index (χ1) is 12.7. The number of methoxy groups -OCH3 is 1. The van der Waals surface area contributed by atoms with E-state index in [-0.39, 0.29) is 5.91 Å². The number of carbonyl (C=O) groups is 1. The van der Waals surface area contributed by atoms with Crippen molar-refractivity contribution in [2.45, 2.75) is 0 Å². The Labute approximate surface area is 155 Å². The molecule has 2 heterocycles. The minimum atomic E-state index is -0.161. The second kappa shape index (κ2) is 7.31. The van der Waals surface area contributed by atoms with E-state index in [0.717, 1.165) is 34.7 Å². The summed E-state index contributed by atoms with van der Waals surface area (Å²) in [5.41, 5.74) is 2.49. The van der Waals surface area contributed by atoms with E-state index in [9.17, 15) is 4.79 Å². The molecule has 1 fully saturated rings. The van der Waals surface area contributed by atoms with Crippen molar-refractivity contribution in [1.82, 2.24) is 4.98 Å². The number of morpholine rings is 1. The highest BCUT2D eigenvalue weighted by Gasteiger charge is 2.15. The summed E-state index contributed by atoms with van der Waals surface area (Å²) in [6.45, 7) is 3.10. The molecule has 4 rings (SSSR count). The van der Waals surface area contributed by atoms with Crippen LogP contribution in [-0.4, -0.2) is 44.3 Å². The highest BCUT2D eigenvalue weighted by atomic mass is 32.1. The van der Waals surface area contributed by atoms with Gasteiger partial charge < -0.3 is 14.4 Å². The highest BCUT2D eigenvalue weighted by Crippen LogP contribution is 2.29. The van der Waals surface area contributed by atoms with E-state index in [0.29, 0.717) is 23.9 Å². The van der Waals surface area contributed by atoms with Crippen molar-refractivity contribution < 1.29 is 14.3 Å². The Morgan fingerprint density at radius 2 is 2.08 bits per heavy atom. The molecule has 0 spiro atoms. The largest absolute Gasteiger partial charge is 0.497 e. The summed E-state index contributed by atoms with van der Waals surface area (Å²) in [4.78, 5) is 19.3. The Kier molecular flexibility index (Phi) is 4.73. The molecule has 134 valence electrons. The van der Waals surface area contributed by atoms with Gasteiger partial charge in [-0.3, -0.25) is 10.1 Å². The Morgan fingerprint density at radius 1 is 1.23 bits per heavy atom. The summed E-state index contributed by atoms with van der Waals surface area (Å²) in [6, 6.07) is 13.3. The van der Waals surface area contributed by atoms with E-state index in [4.69, 9.17) is 9.47 Å². The first-order valence-electron chi connectivity index (χ1n) is 8.41. The number of nitrogens with zero attached hydrogens (tertiary/aromatic N) is 2. The lowest BCUT2D eigenvalue weighted by molar-refractivity contribution is 0.102. The van der Waals surface area contributed by atoms with Crippen LogP contribution in [0, 0.1) is 0 Å². The number of anilines is 2. The molecule has 1 aromatic heterocycles. The molecular formula is C19H19N3O3S. The number of aromatic nitrogens is 1. The van der Waals surface area contributed by atoms with Crippen LogP contribution in [-0.2, 0) is 4.74 Å². The van der Waals surface area contributed by atoms with E-state index >= 15 is 0 Å². The Hall–Kier alpha value is -2.64. The molecule has 1 saturated heterocycles. The van der Waals surface area contributed by atoms with Crippen LogP contribution in [0.3, 0.4) is 0 Å². The number of fused-ring (bicyclic) bond motifs is 1. The SMILES string of the molecule is COc1ccc2nc(NC(=O)c3cccc(N4CCOCC4)c3)sc2c1. The van der Waals surface area contributed by atoms with Crippen molar-refractivity contribution in [3.63, 3.8) is 0 Å². The highest BCUT2D eigenvalue weighted by molar-refractivity contribution is 7.22. The maximum absolute atomic E-state index is 12.6. The molecule has 0 unspecified atom stereocenters. The van der Waals surface area contributed by atoms with Crippen molar-refractivity contribution >= 4 is 38.3 Å². The second-order valence-electron chi connectivity index (χ2n) is 5.96. The lowest BCUT2D eigenvalue weighted by Crippen LogP contribution is -2.36. The number of hydrogen-bond donors (Lipinski definition) is 1. The molecule has 0 bridgehead atoms. The van der Waals surface area contributed by atoms with Gasteiger partial charge in [-0.15, -0.1) is 0 Å². The molecule has 0 aliphatic carbocycles. The number of rotatable bonds is 4. The van der Waals surface area contributed by atoms with Gasteiger partial charge in [-0.25, -0.2) is 4.98 Å². The standard InChI is InChI=1S/C19H19N3O3S/c1-24-15-5-6-16-17(12-15)26-19(20-16)21-18(23)13-3-2-4-14(11-13)22-7-9-25-10-8-22/h2-6,11-12H,7-10H2,1H3,(H,20,21,23). The van der Waals surface area contributed by atoms with Crippen LogP contribution in [0.5, 0.6) is 5.75 Å². The average molecular weight is 369 g/mol. The van der Waals surface area contributed by atoms with E-state index in [1.54, 1.807) is 7.11 Å². The minimum absolute atomic E-state index is 0.161. The third-order valence-corrected chi connectivity index (χ3v) is 5.23. The van der Waals surface area contributed by atoms with E-state index < -0.39 is 0 Å². The maximum Gasteiger partial charge on any atom is 0.257 e. The van der Waals surface area contributed by atoms with Gasteiger partial charge >= 0.3 is 0 Å². The molecule has 6 nitrogen and oxygen atoms in total. The van der Waals surface area contributed by atoms with Gasteiger partial charge in [-0.05, 0) is 36.4 Å². The van der Waals surface area contributed by atoms with Gasteiger partial charge in [-0.2, -0.15) is 0 Å². The first-order valence-corrected chi connectivity index (χ1v) is 9.23. The topological polar surface area (TPSA) is 63.7 Å². The van der Waals surface area contributed by atoms with Crippen molar-refractivity contribution in [3.8, 4) is 5.75 Å². The number of ether oxygens (including phenoxy) is 2. The summed E-state index contributed by atoms with van der Waals surface area (Å²) in [6.07, 6.45) is 0. The lowest BCUT2D eigenvalue weighted by Gasteiger charge is -2.29. The molecule has 0 atom stereocenters. The molecule has 3 aromatic rings. The summed E-state index contributed by atoms with van der Waals surface area (Å²) in [5, 5.41) is 3.48. The molecular weight excluding hydrogens is 350 g/mol. The Bertz CT molecular complexity index is 935. The fourth-order valence-corrected chi connectivity index (χ4v) is 3.81. The zero-order chi connectivity index (χ0) is 17.9. The fourth-order valence-electron chi connectivity index (χ4n) is 2.92. The molecule has 1 aliphatic heterocycles. The number of carbonyl (C=O) groups excluding carboxylic acids is 1. The van der Waals surface area contributed by atoms with Gasteiger partial charge in [0.1, 0.15) is 5.75 Å². The summed E-state index contributed by atoms with van der Waals surface area (Å²) in [7, 11) is 1.63. The molecule has 1 amide bonds. The number of thiazole rings is 1. The number of amides is 1. The van der Waals surface area contributed by atoms with Gasteiger partial charge in [0.15, 0.2) is 5.13 Å². The van der Waals surface area contributed by atoms with Crippen LogP contribution in [0.2, 0.25) is 0 Å². The lowest BCUT2D eigenvalue weighted by atomic mass is 10.1. The molecule has 0 saturated carbocycles. The van der Waals surface area contributed by atoms with Gasteiger partial charge in [0, 0.05) is 24.3 Å². The number of hydrogen-bond acceptors (Lipinski definition) is 6. The van der Waals surface area contributed by atoms with Crippen LogP contribution in [0.15, 0.2) is 42.5 Å². The summed E-state index contributed by atoms with van der Waals surface area (Å²) >= 11 is 1.43. The van der Waals surface area contributed by atoms with Crippen LogP contribution in [0.1, 0.15) is 10.4 Å². The smallest absolute Gasteiger partial charge is 0.257 e. The molecule has 1 aliphatic rings. The van der Waals surface area contributed by atoms with Crippen LogP contribution >= 0.6 is 11.3 Å². The normalized spacial score (nSPS) is 14.4. The predicted octanol–water partition coefficient (Wildman–Crippen LogP) is 3.39. The van der Waals surface area contributed by atoms with Crippen molar-refractivity contribution in [1.29, 1.82) is 0 Å². The summed E-state index contributed by atoms with van der Waals surface area (Å²) in [5.74, 6) is 0.614. The molecule has 26 heavy (non-hydrogen) atoms. The van der Waals surface area contributed by atoms with E-state index in [1.807, 2.05) is 42.5 Å². The zero-order valence-electron chi connectivity index (χ0n) is 14.4. The predicted molar refractivity (Wildman–Crippen MR) is 104 cm³/mol. The van der Waals surface area contributed by atoms with Crippen LogP contribution in [0.25, 0.3) is 10.2 Å². The molecule has 1 N–H and O–H groups in total. The van der Waals surface area contributed by atoms with Gasteiger partial charge in [0.25, 0.3) is 5.91 Å². The fraction of sp³-hybridized carbons (Fsp3) is 0.263. The van der Waals surface area contributed by atoms with Gasteiger partial charge in [0.05, 0.1) is 30.5 Å². The van der Waals surface area contributed by atoms with Crippen LogP contribution < -0.4 is 15.0 Å². The molecule has 2 aromatic carbocycles. The third-order valence-electron chi connectivity index (χ3n) is 4.30. The monoisotopic (exact) mass is 369 g/mol. The van der Waals surface area contributed by atoms with Crippen molar-refractivity contribution in [3.05, 3.63) is 48.0 Å². The molecule has 0 radical (unpaired) electrons.